The molecule has 0 heterocycles. The Morgan fingerprint density at radius 3 is 2.38 bits per heavy atom. The van der Waals surface area contributed by atoms with Gasteiger partial charge in [0.1, 0.15) is 0 Å². The quantitative estimate of drug-likeness (QED) is 0.838. The Labute approximate surface area is 131 Å². The molecular weight excluding hydrogens is 260 g/mol. The standard InChI is InChI=1S/C18H36N2O/c1-17(2,3)15-7-8-16(19)14(11-15)12-20(4)13-18(21)9-5-6-10-18/h14-16,21H,5-13,19H2,1-4H3. The molecule has 0 saturated heterocycles. The number of hydrogen-bond donors (Lipinski definition) is 2. The van der Waals surface area contributed by atoms with Gasteiger partial charge in [0, 0.05) is 19.1 Å². The summed E-state index contributed by atoms with van der Waals surface area (Å²) in [5, 5.41) is 10.6. The lowest BCUT2D eigenvalue weighted by Gasteiger charge is -2.42. The fourth-order valence-electron chi connectivity index (χ4n) is 4.44. The monoisotopic (exact) mass is 296 g/mol. The van der Waals surface area contributed by atoms with Gasteiger partial charge in [-0.05, 0) is 56.4 Å². The van der Waals surface area contributed by atoms with E-state index in [1.165, 1.54) is 25.7 Å². The minimum Gasteiger partial charge on any atom is -0.389 e. The molecule has 0 aromatic heterocycles. The number of hydrogen-bond acceptors (Lipinski definition) is 3. The van der Waals surface area contributed by atoms with E-state index < -0.39 is 5.60 Å². The van der Waals surface area contributed by atoms with Crippen LogP contribution >= 0.6 is 0 Å². The molecule has 3 unspecified atom stereocenters. The van der Waals surface area contributed by atoms with E-state index in [0.717, 1.165) is 38.3 Å². The van der Waals surface area contributed by atoms with Gasteiger partial charge in [-0.15, -0.1) is 0 Å². The van der Waals surface area contributed by atoms with E-state index in [1.54, 1.807) is 0 Å². The Kier molecular flexibility index (Phi) is 5.38. The highest BCUT2D eigenvalue weighted by Crippen LogP contribution is 2.40. The zero-order chi connectivity index (χ0) is 15.7. The zero-order valence-electron chi connectivity index (χ0n) is 14.6. The van der Waals surface area contributed by atoms with Crippen molar-refractivity contribution in [2.24, 2.45) is 23.0 Å². The van der Waals surface area contributed by atoms with Crippen molar-refractivity contribution in [2.75, 3.05) is 20.1 Å². The summed E-state index contributed by atoms with van der Waals surface area (Å²) in [6.07, 6.45) is 7.98. The van der Waals surface area contributed by atoms with Crippen LogP contribution in [0.1, 0.15) is 65.7 Å². The number of nitrogens with zero attached hydrogens (tertiary/aromatic N) is 1. The lowest BCUT2D eigenvalue weighted by Crippen LogP contribution is -2.47. The molecule has 2 rings (SSSR count). The van der Waals surface area contributed by atoms with Gasteiger partial charge in [0.25, 0.3) is 0 Å². The van der Waals surface area contributed by atoms with Gasteiger partial charge in [0.2, 0.25) is 0 Å². The molecule has 0 bridgehead atoms. The van der Waals surface area contributed by atoms with E-state index in [-0.39, 0.29) is 0 Å². The summed E-state index contributed by atoms with van der Waals surface area (Å²) < 4.78 is 0. The van der Waals surface area contributed by atoms with Gasteiger partial charge in [-0.25, -0.2) is 0 Å². The SMILES string of the molecule is CN(CC1CC(C(C)(C)C)CCC1N)CC1(O)CCCC1. The third-order valence-electron chi connectivity index (χ3n) is 5.91. The predicted octanol–water partition coefficient (Wildman–Crippen LogP) is 3.01. The number of aliphatic hydroxyl groups is 1. The Bertz CT molecular complexity index is 331. The second-order valence-corrected chi connectivity index (χ2v) is 8.93. The molecular formula is C18H36N2O. The van der Waals surface area contributed by atoms with Gasteiger partial charge in [-0.1, -0.05) is 33.6 Å². The topological polar surface area (TPSA) is 49.5 Å². The van der Waals surface area contributed by atoms with E-state index in [0.29, 0.717) is 17.4 Å². The van der Waals surface area contributed by atoms with Crippen molar-refractivity contribution < 1.29 is 5.11 Å². The van der Waals surface area contributed by atoms with Crippen LogP contribution in [0.5, 0.6) is 0 Å². The molecule has 3 atom stereocenters. The molecule has 3 N–H and O–H groups in total. The minimum absolute atomic E-state index is 0.337. The lowest BCUT2D eigenvalue weighted by molar-refractivity contribution is 0.00692. The average molecular weight is 296 g/mol. The van der Waals surface area contributed by atoms with Crippen molar-refractivity contribution >= 4 is 0 Å². The molecule has 2 saturated carbocycles. The zero-order valence-corrected chi connectivity index (χ0v) is 14.6. The van der Waals surface area contributed by atoms with Crippen molar-refractivity contribution in [2.45, 2.75) is 77.4 Å². The first-order valence-electron chi connectivity index (χ1n) is 8.86. The van der Waals surface area contributed by atoms with Gasteiger partial charge < -0.3 is 15.7 Å². The summed E-state index contributed by atoms with van der Waals surface area (Å²) >= 11 is 0. The van der Waals surface area contributed by atoms with Crippen molar-refractivity contribution in [1.82, 2.24) is 4.90 Å². The Hall–Kier alpha value is -0.120. The molecule has 21 heavy (non-hydrogen) atoms. The summed E-state index contributed by atoms with van der Waals surface area (Å²) in [5.74, 6) is 1.36. The Morgan fingerprint density at radius 1 is 1.19 bits per heavy atom. The Balaban J connectivity index is 1.87. The third-order valence-corrected chi connectivity index (χ3v) is 5.91. The van der Waals surface area contributed by atoms with Crippen LogP contribution in [0.2, 0.25) is 0 Å². The van der Waals surface area contributed by atoms with Crippen LogP contribution in [0.4, 0.5) is 0 Å². The average Bonchev–Trinajstić information content (AvgIpc) is 2.77. The van der Waals surface area contributed by atoms with E-state index in [2.05, 4.69) is 32.7 Å². The molecule has 0 spiro atoms. The van der Waals surface area contributed by atoms with Crippen LogP contribution in [0.15, 0.2) is 0 Å². The second-order valence-electron chi connectivity index (χ2n) is 8.93. The molecule has 2 aliphatic carbocycles. The van der Waals surface area contributed by atoms with E-state index in [1.807, 2.05) is 0 Å². The van der Waals surface area contributed by atoms with Crippen LogP contribution in [0, 0.1) is 17.3 Å². The first-order valence-corrected chi connectivity index (χ1v) is 8.86. The molecule has 0 aromatic carbocycles. The third kappa shape index (κ3) is 4.67. The van der Waals surface area contributed by atoms with Crippen LogP contribution in [-0.2, 0) is 0 Å². The van der Waals surface area contributed by atoms with Crippen molar-refractivity contribution in [3.05, 3.63) is 0 Å². The molecule has 0 radical (unpaired) electrons. The largest absolute Gasteiger partial charge is 0.389 e. The first-order chi connectivity index (χ1) is 9.70. The smallest absolute Gasteiger partial charge is 0.0774 e. The van der Waals surface area contributed by atoms with Crippen molar-refractivity contribution in [3.63, 3.8) is 0 Å². The van der Waals surface area contributed by atoms with E-state index in [9.17, 15) is 5.11 Å². The fourth-order valence-corrected chi connectivity index (χ4v) is 4.44. The summed E-state index contributed by atoms with van der Waals surface area (Å²) in [6.45, 7) is 8.93. The molecule has 3 heteroatoms. The van der Waals surface area contributed by atoms with Gasteiger partial charge in [-0.3, -0.25) is 0 Å². The summed E-state index contributed by atoms with van der Waals surface area (Å²) in [4.78, 5) is 2.33. The minimum atomic E-state index is -0.434. The van der Waals surface area contributed by atoms with Crippen LogP contribution < -0.4 is 5.73 Å². The van der Waals surface area contributed by atoms with Crippen LogP contribution in [0.25, 0.3) is 0 Å². The van der Waals surface area contributed by atoms with Crippen molar-refractivity contribution in [1.29, 1.82) is 0 Å². The highest BCUT2D eigenvalue weighted by molar-refractivity contribution is 4.91. The molecule has 0 aromatic rings. The summed E-state index contributed by atoms with van der Waals surface area (Å²) in [5.41, 5.74) is 6.34. The normalized spacial score (nSPS) is 33.6. The fraction of sp³-hybridized carbons (Fsp3) is 1.00. The number of nitrogens with two attached hydrogens (primary N) is 1. The van der Waals surface area contributed by atoms with Crippen LogP contribution in [-0.4, -0.2) is 41.8 Å². The van der Waals surface area contributed by atoms with Gasteiger partial charge in [0.15, 0.2) is 0 Å². The highest BCUT2D eigenvalue weighted by atomic mass is 16.3. The Morgan fingerprint density at radius 2 is 1.81 bits per heavy atom. The number of rotatable bonds is 4. The molecule has 3 nitrogen and oxygen atoms in total. The maximum absolute atomic E-state index is 10.6. The van der Waals surface area contributed by atoms with Gasteiger partial charge in [-0.2, -0.15) is 0 Å². The summed E-state index contributed by atoms with van der Waals surface area (Å²) in [7, 11) is 2.16. The molecule has 0 amide bonds. The van der Waals surface area contributed by atoms with Gasteiger partial charge >= 0.3 is 0 Å². The first kappa shape index (κ1) is 17.2. The predicted molar refractivity (Wildman–Crippen MR) is 89.2 cm³/mol. The molecule has 124 valence electrons. The highest BCUT2D eigenvalue weighted by Gasteiger charge is 2.36. The molecule has 2 aliphatic rings. The molecule has 0 aliphatic heterocycles. The molecule has 2 fully saturated rings. The van der Waals surface area contributed by atoms with Crippen LogP contribution in [0.3, 0.4) is 0 Å². The van der Waals surface area contributed by atoms with E-state index in [4.69, 9.17) is 5.73 Å². The van der Waals surface area contributed by atoms with Gasteiger partial charge in [0.05, 0.1) is 5.60 Å². The number of likely N-dealkylation sites (N-methyl/N-ethyl adjacent to an activating group) is 1. The maximum Gasteiger partial charge on any atom is 0.0774 e. The van der Waals surface area contributed by atoms with E-state index >= 15 is 0 Å². The van der Waals surface area contributed by atoms with Crippen molar-refractivity contribution in [3.8, 4) is 0 Å². The lowest BCUT2D eigenvalue weighted by atomic mass is 9.67. The second kappa shape index (κ2) is 6.55. The summed E-state index contributed by atoms with van der Waals surface area (Å²) in [6, 6.07) is 0.337. The maximum atomic E-state index is 10.6.